The molecule has 4 aliphatic rings. The van der Waals surface area contributed by atoms with Gasteiger partial charge in [-0.2, -0.15) is 0 Å². The maximum Gasteiger partial charge on any atom is 0.332 e. The first-order valence-corrected chi connectivity index (χ1v) is 10.9. The van der Waals surface area contributed by atoms with Gasteiger partial charge in [-0.05, 0) is 25.0 Å². The fourth-order valence-corrected chi connectivity index (χ4v) is 5.30. The first kappa shape index (κ1) is 19.5. The van der Waals surface area contributed by atoms with Crippen LogP contribution in [0.15, 0.2) is 30.3 Å². The molecule has 1 aliphatic carbocycles. The van der Waals surface area contributed by atoms with Gasteiger partial charge in [0.1, 0.15) is 6.54 Å². The van der Waals surface area contributed by atoms with E-state index in [1.165, 1.54) is 4.90 Å². The maximum atomic E-state index is 13.6. The van der Waals surface area contributed by atoms with Crippen LogP contribution in [0, 0.1) is 5.92 Å². The number of urea groups is 1. The van der Waals surface area contributed by atoms with Gasteiger partial charge in [-0.1, -0.05) is 31.0 Å². The zero-order valence-electron chi connectivity index (χ0n) is 16.9. The van der Waals surface area contributed by atoms with Gasteiger partial charge in [0.2, 0.25) is 5.91 Å². The van der Waals surface area contributed by atoms with Crippen molar-refractivity contribution in [1.29, 1.82) is 0 Å². The minimum atomic E-state index is -0.714. The number of morpholine rings is 1. The summed E-state index contributed by atoms with van der Waals surface area (Å²) in [5.41, 5.74) is 0.508. The zero-order chi connectivity index (χ0) is 20.7. The van der Waals surface area contributed by atoms with Crippen LogP contribution in [0.2, 0.25) is 0 Å². The molecule has 0 aromatic heterocycles. The van der Waals surface area contributed by atoms with Crippen LogP contribution in [0.3, 0.4) is 0 Å². The summed E-state index contributed by atoms with van der Waals surface area (Å²) in [5, 5.41) is 0. The number of benzene rings is 1. The van der Waals surface area contributed by atoms with E-state index in [9.17, 15) is 14.4 Å². The summed E-state index contributed by atoms with van der Waals surface area (Å²) >= 11 is 0. The topological polar surface area (TPSA) is 79.4 Å². The van der Waals surface area contributed by atoms with Gasteiger partial charge in [0.15, 0.2) is 6.10 Å². The first-order chi connectivity index (χ1) is 14.6. The Morgan fingerprint density at radius 1 is 1.03 bits per heavy atom. The standard InChI is InChI=1S/C22H27N3O5/c26-18(23-10-12-29-13-11-23)14-24-19-16-8-4-5-9-17(16)30-20(19)21(27)25(22(24)28)15-6-2-1-3-7-15/h1-3,6-7,16-17,19-20H,4-5,8-14H2. The number of rotatable bonds is 3. The van der Waals surface area contributed by atoms with Crippen molar-refractivity contribution in [3.63, 3.8) is 0 Å². The molecule has 5 rings (SSSR count). The number of carbonyl (C=O) groups excluding carboxylic acids is 3. The van der Waals surface area contributed by atoms with Crippen LogP contribution in [0.4, 0.5) is 10.5 Å². The Bertz CT molecular complexity index is 825. The van der Waals surface area contributed by atoms with E-state index in [1.807, 2.05) is 6.07 Å². The number of ether oxygens (including phenoxy) is 2. The highest BCUT2D eigenvalue weighted by atomic mass is 16.5. The molecule has 1 aromatic rings. The molecule has 0 spiro atoms. The lowest BCUT2D eigenvalue weighted by atomic mass is 9.81. The Kier molecular flexibility index (Phi) is 5.20. The number of fused-ring (bicyclic) bond motifs is 3. The predicted molar refractivity (Wildman–Crippen MR) is 108 cm³/mol. The monoisotopic (exact) mass is 413 g/mol. The van der Waals surface area contributed by atoms with Crippen LogP contribution in [0.25, 0.3) is 0 Å². The Labute approximate surface area is 175 Å². The second-order valence-corrected chi connectivity index (χ2v) is 8.45. The van der Waals surface area contributed by atoms with E-state index in [2.05, 4.69) is 0 Å². The molecule has 3 heterocycles. The van der Waals surface area contributed by atoms with E-state index in [0.717, 1.165) is 25.7 Å². The van der Waals surface area contributed by atoms with Crippen molar-refractivity contribution in [3.8, 4) is 0 Å². The van der Waals surface area contributed by atoms with Gasteiger partial charge in [-0.25, -0.2) is 9.69 Å². The molecule has 3 aliphatic heterocycles. The molecule has 4 atom stereocenters. The van der Waals surface area contributed by atoms with Gasteiger partial charge in [0, 0.05) is 19.0 Å². The minimum Gasteiger partial charge on any atom is -0.378 e. The smallest absolute Gasteiger partial charge is 0.332 e. The average molecular weight is 413 g/mol. The van der Waals surface area contributed by atoms with Crippen LogP contribution >= 0.6 is 0 Å². The second-order valence-electron chi connectivity index (χ2n) is 8.45. The zero-order valence-corrected chi connectivity index (χ0v) is 16.9. The quantitative estimate of drug-likeness (QED) is 0.753. The number of nitrogens with zero attached hydrogens (tertiary/aromatic N) is 3. The number of para-hydroxylation sites is 1. The van der Waals surface area contributed by atoms with Gasteiger partial charge in [0.25, 0.3) is 5.91 Å². The van der Waals surface area contributed by atoms with Gasteiger partial charge < -0.3 is 19.3 Å². The Balaban J connectivity index is 1.47. The molecule has 8 nitrogen and oxygen atoms in total. The fraction of sp³-hybridized carbons (Fsp3) is 0.591. The number of hydrogen-bond donors (Lipinski definition) is 0. The number of carbonyl (C=O) groups is 3. The lowest BCUT2D eigenvalue weighted by molar-refractivity contribution is -0.139. The highest BCUT2D eigenvalue weighted by molar-refractivity contribution is 6.18. The van der Waals surface area contributed by atoms with Crippen LogP contribution in [0.5, 0.6) is 0 Å². The Morgan fingerprint density at radius 2 is 1.77 bits per heavy atom. The van der Waals surface area contributed by atoms with Crippen LogP contribution in [-0.2, 0) is 19.1 Å². The fourth-order valence-electron chi connectivity index (χ4n) is 5.30. The maximum absolute atomic E-state index is 13.6. The molecule has 1 aromatic carbocycles. The normalized spacial score (nSPS) is 31.5. The van der Waals surface area contributed by atoms with Gasteiger partial charge in [-0.3, -0.25) is 9.59 Å². The summed E-state index contributed by atoms with van der Waals surface area (Å²) in [6.07, 6.45) is 3.20. The molecule has 4 amide bonds. The van der Waals surface area contributed by atoms with Crippen molar-refractivity contribution in [2.24, 2.45) is 5.92 Å². The van der Waals surface area contributed by atoms with Crippen molar-refractivity contribution < 1.29 is 23.9 Å². The molecule has 3 saturated heterocycles. The van der Waals surface area contributed by atoms with Gasteiger partial charge >= 0.3 is 6.03 Å². The molecule has 4 unspecified atom stereocenters. The average Bonchev–Trinajstić information content (AvgIpc) is 3.18. The van der Waals surface area contributed by atoms with E-state index in [1.54, 1.807) is 34.1 Å². The lowest BCUT2D eigenvalue weighted by Crippen LogP contribution is -2.66. The largest absolute Gasteiger partial charge is 0.378 e. The van der Waals surface area contributed by atoms with Crippen molar-refractivity contribution in [3.05, 3.63) is 30.3 Å². The Morgan fingerprint density at radius 3 is 2.53 bits per heavy atom. The summed E-state index contributed by atoms with van der Waals surface area (Å²) in [6.45, 7) is 2.03. The lowest BCUT2D eigenvalue weighted by Gasteiger charge is -2.43. The number of anilines is 1. The van der Waals surface area contributed by atoms with Gasteiger partial charge in [0.05, 0.1) is 31.0 Å². The highest BCUT2D eigenvalue weighted by Gasteiger charge is 2.58. The molecule has 4 fully saturated rings. The molecule has 0 bridgehead atoms. The SMILES string of the molecule is O=C(CN1C(=O)N(c2ccccc2)C(=O)C2OC3CCCCC3C21)N1CCOCC1. The van der Waals surface area contributed by atoms with E-state index in [0.29, 0.717) is 32.0 Å². The number of hydrogen-bond acceptors (Lipinski definition) is 5. The van der Waals surface area contributed by atoms with Crippen LogP contribution in [-0.4, -0.2) is 78.7 Å². The molecular weight excluding hydrogens is 386 g/mol. The van der Waals surface area contributed by atoms with E-state index >= 15 is 0 Å². The van der Waals surface area contributed by atoms with Crippen molar-refractivity contribution in [2.45, 2.75) is 43.9 Å². The number of amides is 4. The third kappa shape index (κ3) is 3.28. The van der Waals surface area contributed by atoms with Crippen LogP contribution < -0.4 is 4.90 Å². The summed E-state index contributed by atoms with van der Waals surface area (Å²) in [4.78, 5) is 44.4. The summed E-state index contributed by atoms with van der Waals surface area (Å²) in [7, 11) is 0. The third-order valence-electron chi connectivity index (χ3n) is 6.77. The van der Waals surface area contributed by atoms with E-state index < -0.39 is 12.1 Å². The summed E-state index contributed by atoms with van der Waals surface area (Å²) < 4.78 is 11.6. The first-order valence-electron chi connectivity index (χ1n) is 10.9. The molecule has 0 radical (unpaired) electrons. The van der Waals surface area contributed by atoms with Crippen LogP contribution in [0.1, 0.15) is 25.7 Å². The highest BCUT2D eigenvalue weighted by Crippen LogP contribution is 2.43. The summed E-state index contributed by atoms with van der Waals surface area (Å²) in [5.74, 6) is -0.320. The Hall–Kier alpha value is -2.45. The van der Waals surface area contributed by atoms with E-state index in [-0.39, 0.29) is 36.4 Å². The molecular formula is C22H27N3O5. The molecule has 160 valence electrons. The molecule has 8 heteroatoms. The predicted octanol–water partition coefficient (Wildman–Crippen LogP) is 1.64. The van der Waals surface area contributed by atoms with Gasteiger partial charge in [-0.15, -0.1) is 0 Å². The number of imide groups is 1. The molecule has 0 N–H and O–H groups in total. The summed E-state index contributed by atoms with van der Waals surface area (Å²) in [6, 6.07) is 8.09. The second kappa shape index (κ2) is 8.00. The van der Waals surface area contributed by atoms with Crippen molar-refractivity contribution >= 4 is 23.5 Å². The van der Waals surface area contributed by atoms with E-state index in [4.69, 9.17) is 9.47 Å². The van der Waals surface area contributed by atoms with Crippen molar-refractivity contribution in [2.75, 3.05) is 37.7 Å². The van der Waals surface area contributed by atoms with Crippen molar-refractivity contribution in [1.82, 2.24) is 9.80 Å². The molecule has 30 heavy (non-hydrogen) atoms. The minimum absolute atomic E-state index is 0.0257. The molecule has 1 saturated carbocycles. The third-order valence-corrected chi connectivity index (χ3v) is 6.77.